The lowest BCUT2D eigenvalue weighted by molar-refractivity contribution is -0.153. The summed E-state index contributed by atoms with van der Waals surface area (Å²) in [7, 11) is 0. The molecular formula is C41H80O4. The number of hydrogen-bond donors (Lipinski definition) is 0. The van der Waals surface area contributed by atoms with Gasteiger partial charge in [0.15, 0.2) is 0 Å². The van der Waals surface area contributed by atoms with Crippen molar-refractivity contribution in [1.82, 2.24) is 0 Å². The molecule has 2 unspecified atom stereocenters. The molecule has 0 aliphatic carbocycles. The molecule has 0 saturated heterocycles. The topological polar surface area (TPSA) is 52.6 Å². The van der Waals surface area contributed by atoms with Crippen molar-refractivity contribution < 1.29 is 19.1 Å². The van der Waals surface area contributed by atoms with Gasteiger partial charge in [-0.15, -0.1) is 0 Å². The third-order valence-electron chi connectivity index (χ3n) is 9.73. The van der Waals surface area contributed by atoms with Gasteiger partial charge in [0.25, 0.3) is 0 Å². The van der Waals surface area contributed by atoms with E-state index in [4.69, 9.17) is 9.47 Å². The molecule has 0 spiro atoms. The zero-order valence-electron chi connectivity index (χ0n) is 31.4. The van der Waals surface area contributed by atoms with Crippen LogP contribution in [0.1, 0.15) is 215 Å². The van der Waals surface area contributed by atoms with E-state index in [9.17, 15) is 9.59 Å². The predicted molar refractivity (Wildman–Crippen MR) is 195 cm³/mol. The van der Waals surface area contributed by atoms with Crippen LogP contribution >= 0.6 is 0 Å². The molecule has 0 fully saturated rings. The standard InChI is InChI=1S/C41H80O4/c1-7-9-11-13-26-30-34-44-39(42)33-29-25-23-21-19-17-15-16-18-20-22-24-28-32-38(36(3)4)40(37(5)6)41(43)45-35-31-27-14-12-10-8-2/h36-38,40H,7-35H2,1-6H3. The first kappa shape index (κ1) is 43.9. The molecule has 0 bridgehead atoms. The second-order valence-corrected chi connectivity index (χ2v) is 14.7. The van der Waals surface area contributed by atoms with E-state index in [1.807, 2.05) is 0 Å². The molecule has 0 amide bonds. The predicted octanol–water partition coefficient (Wildman–Crippen LogP) is 13.2. The van der Waals surface area contributed by atoms with Crippen molar-refractivity contribution in [3.8, 4) is 0 Å². The van der Waals surface area contributed by atoms with Crippen LogP contribution < -0.4 is 0 Å². The maximum absolute atomic E-state index is 13.1. The summed E-state index contributed by atoms with van der Waals surface area (Å²) in [4.78, 5) is 24.9. The molecule has 4 heteroatoms. The van der Waals surface area contributed by atoms with Crippen molar-refractivity contribution in [2.75, 3.05) is 13.2 Å². The first-order valence-corrected chi connectivity index (χ1v) is 20.2. The number of esters is 2. The van der Waals surface area contributed by atoms with Gasteiger partial charge in [0.05, 0.1) is 19.1 Å². The van der Waals surface area contributed by atoms with E-state index in [1.54, 1.807) is 0 Å². The summed E-state index contributed by atoms with van der Waals surface area (Å²) in [6.07, 6.45) is 33.1. The van der Waals surface area contributed by atoms with Gasteiger partial charge >= 0.3 is 11.9 Å². The highest BCUT2D eigenvalue weighted by Crippen LogP contribution is 2.33. The van der Waals surface area contributed by atoms with E-state index in [0.717, 1.165) is 32.1 Å². The molecule has 0 radical (unpaired) electrons. The number of ether oxygens (including phenoxy) is 2. The van der Waals surface area contributed by atoms with Crippen molar-refractivity contribution in [2.45, 2.75) is 215 Å². The second kappa shape index (κ2) is 32.9. The number of carbonyl (C=O) groups excluding carboxylic acids is 2. The Morgan fingerprint density at radius 1 is 0.444 bits per heavy atom. The van der Waals surface area contributed by atoms with Crippen molar-refractivity contribution in [3.63, 3.8) is 0 Å². The van der Waals surface area contributed by atoms with Gasteiger partial charge in [-0.05, 0) is 43.4 Å². The minimum atomic E-state index is 0.00170. The SMILES string of the molecule is CCCCCCCCOC(=O)CCCCCCCCCCCCCCCC(C(C)C)C(C(=O)OCCCCCCCC)C(C)C. The fourth-order valence-corrected chi connectivity index (χ4v) is 6.75. The van der Waals surface area contributed by atoms with Crippen LogP contribution in [0.25, 0.3) is 0 Å². The molecule has 0 aromatic rings. The van der Waals surface area contributed by atoms with Gasteiger partial charge in [0.1, 0.15) is 0 Å². The Balaban J connectivity index is 3.77. The highest BCUT2D eigenvalue weighted by atomic mass is 16.5. The third-order valence-corrected chi connectivity index (χ3v) is 9.73. The number of carbonyl (C=O) groups is 2. The van der Waals surface area contributed by atoms with Crippen LogP contribution in [0.5, 0.6) is 0 Å². The highest BCUT2D eigenvalue weighted by Gasteiger charge is 2.33. The van der Waals surface area contributed by atoms with Gasteiger partial charge in [-0.2, -0.15) is 0 Å². The third kappa shape index (κ3) is 27.7. The molecule has 2 atom stereocenters. The maximum Gasteiger partial charge on any atom is 0.309 e. The Morgan fingerprint density at radius 2 is 0.822 bits per heavy atom. The first-order valence-electron chi connectivity index (χ1n) is 20.2. The smallest absolute Gasteiger partial charge is 0.309 e. The summed E-state index contributed by atoms with van der Waals surface area (Å²) in [5.74, 6) is 1.35. The highest BCUT2D eigenvalue weighted by molar-refractivity contribution is 5.73. The molecular weight excluding hydrogens is 556 g/mol. The molecule has 0 N–H and O–H groups in total. The largest absolute Gasteiger partial charge is 0.466 e. The number of hydrogen-bond acceptors (Lipinski definition) is 4. The average molecular weight is 637 g/mol. The Bertz CT molecular complexity index is 643. The molecule has 0 aliphatic rings. The van der Waals surface area contributed by atoms with Gasteiger partial charge in [-0.3, -0.25) is 9.59 Å². The lowest BCUT2D eigenvalue weighted by atomic mass is 9.74. The molecule has 0 aromatic heterocycles. The van der Waals surface area contributed by atoms with Gasteiger partial charge in [-0.1, -0.05) is 183 Å². The van der Waals surface area contributed by atoms with Crippen LogP contribution in [0.2, 0.25) is 0 Å². The van der Waals surface area contributed by atoms with Crippen molar-refractivity contribution in [2.24, 2.45) is 23.7 Å². The minimum absolute atomic E-state index is 0.00170. The van der Waals surface area contributed by atoms with Crippen LogP contribution in [0, 0.1) is 23.7 Å². The zero-order chi connectivity index (χ0) is 33.4. The summed E-state index contributed by atoms with van der Waals surface area (Å²) in [5.41, 5.74) is 0. The monoisotopic (exact) mass is 637 g/mol. The molecule has 0 aromatic carbocycles. The van der Waals surface area contributed by atoms with Gasteiger partial charge in [-0.25, -0.2) is 0 Å². The van der Waals surface area contributed by atoms with E-state index >= 15 is 0 Å². The van der Waals surface area contributed by atoms with E-state index in [-0.39, 0.29) is 17.9 Å². The molecule has 45 heavy (non-hydrogen) atoms. The zero-order valence-corrected chi connectivity index (χ0v) is 31.4. The maximum atomic E-state index is 13.1. The Labute approximate surface area is 282 Å². The Morgan fingerprint density at radius 3 is 1.24 bits per heavy atom. The molecule has 0 saturated carbocycles. The normalized spacial score (nSPS) is 13.0. The molecule has 0 aliphatic heterocycles. The number of rotatable bonds is 34. The lowest BCUT2D eigenvalue weighted by Gasteiger charge is -2.31. The first-order chi connectivity index (χ1) is 21.8. The fraction of sp³-hybridized carbons (Fsp3) is 0.951. The van der Waals surface area contributed by atoms with E-state index in [1.165, 1.54) is 135 Å². The van der Waals surface area contributed by atoms with Gasteiger partial charge < -0.3 is 9.47 Å². The van der Waals surface area contributed by atoms with E-state index in [2.05, 4.69) is 41.5 Å². The summed E-state index contributed by atoms with van der Waals surface area (Å²) in [6.45, 7) is 14.7. The second-order valence-electron chi connectivity index (χ2n) is 14.7. The quantitative estimate of drug-likeness (QED) is 0.0521. The number of unbranched alkanes of at least 4 members (excludes halogenated alkanes) is 22. The van der Waals surface area contributed by atoms with Crippen LogP contribution in [0.15, 0.2) is 0 Å². The van der Waals surface area contributed by atoms with Crippen molar-refractivity contribution in [1.29, 1.82) is 0 Å². The average Bonchev–Trinajstić information content (AvgIpc) is 3.01. The Kier molecular flexibility index (Phi) is 32.1. The minimum Gasteiger partial charge on any atom is -0.466 e. The summed E-state index contributed by atoms with van der Waals surface area (Å²) in [6, 6.07) is 0. The van der Waals surface area contributed by atoms with Crippen molar-refractivity contribution in [3.05, 3.63) is 0 Å². The van der Waals surface area contributed by atoms with Crippen LogP contribution in [-0.4, -0.2) is 25.2 Å². The summed E-state index contributed by atoms with van der Waals surface area (Å²) in [5, 5.41) is 0. The fourth-order valence-electron chi connectivity index (χ4n) is 6.75. The molecule has 4 nitrogen and oxygen atoms in total. The van der Waals surface area contributed by atoms with Gasteiger partial charge in [0.2, 0.25) is 0 Å². The molecule has 268 valence electrons. The summed E-state index contributed by atoms with van der Waals surface area (Å²) >= 11 is 0. The van der Waals surface area contributed by atoms with Crippen LogP contribution in [0.4, 0.5) is 0 Å². The van der Waals surface area contributed by atoms with Crippen LogP contribution in [0.3, 0.4) is 0 Å². The Hall–Kier alpha value is -1.06. The molecule has 0 rings (SSSR count). The summed E-state index contributed by atoms with van der Waals surface area (Å²) < 4.78 is 11.2. The van der Waals surface area contributed by atoms with Crippen LogP contribution in [-0.2, 0) is 19.1 Å². The van der Waals surface area contributed by atoms with Crippen molar-refractivity contribution >= 4 is 11.9 Å². The van der Waals surface area contributed by atoms with Gasteiger partial charge in [0, 0.05) is 6.42 Å². The van der Waals surface area contributed by atoms with E-state index in [0.29, 0.717) is 37.4 Å². The van der Waals surface area contributed by atoms with E-state index < -0.39 is 0 Å². The molecule has 0 heterocycles. The lowest BCUT2D eigenvalue weighted by Crippen LogP contribution is -2.33.